The molecule has 4 nitrogen and oxygen atoms in total. The van der Waals surface area contributed by atoms with Crippen molar-refractivity contribution in [1.29, 1.82) is 0 Å². The average Bonchev–Trinajstić information content (AvgIpc) is 3.06. The fourth-order valence-corrected chi connectivity index (χ4v) is 4.93. The Hall–Kier alpha value is -1.37. The fraction of sp³-hybridized carbons (Fsp3) is 0.214. The van der Waals surface area contributed by atoms with E-state index in [2.05, 4.69) is 5.32 Å². The molecule has 0 unspecified atom stereocenters. The number of fused-ring (bicyclic) bond motifs is 2. The van der Waals surface area contributed by atoms with Crippen LogP contribution in [0.3, 0.4) is 0 Å². The SMILES string of the molecule is O=C1CS[C@H](c2cc(Cl)c3c(c2)OCO3)c2sccc2N1. The van der Waals surface area contributed by atoms with E-state index in [4.69, 9.17) is 21.1 Å². The van der Waals surface area contributed by atoms with Crippen molar-refractivity contribution >= 4 is 46.3 Å². The molecule has 108 valence electrons. The summed E-state index contributed by atoms with van der Waals surface area (Å²) in [5, 5.41) is 5.52. The molecule has 1 N–H and O–H groups in total. The molecular formula is C14H10ClNO3S2. The third-order valence-corrected chi connectivity index (χ3v) is 6.02. The molecule has 2 aliphatic heterocycles. The third kappa shape index (κ3) is 2.27. The molecule has 2 aromatic rings. The largest absolute Gasteiger partial charge is 0.454 e. The Morgan fingerprint density at radius 3 is 3.14 bits per heavy atom. The number of carbonyl (C=O) groups is 1. The van der Waals surface area contributed by atoms with E-state index in [0.717, 1.165) is 16.1 Å². The lowest BCUT2D eigenvalue weighted by Crippen LogP contribution is -2.11. The number of thioether (sulfide) groups is 1. The maximum atomic E-state index is 11.8. The van der Waals surface area contributed by atoms with E-state index in [-0.39, 0.29) is 18.0 Å². The van der Waals surface area contributed by atoms with E-state index in [1.807, 2.05) is 23.6 Å². The van der Waals surface area contributed by atoms with Crippen LogP contribution in [0, 0.1) is 0 Å². The molecule has 1 aromatic heterocycles. The highest BCUT2D eigenvalue weighted by Gasteiger charge is 2.28. The molecule has 1 aromatic carbocycles. The fourth-order valence-electron chi connectivity index (χ4n) is 2.43. The lowest BCUT2D eigenvalue weighted by Gasteiger charge is -2.15. The molecule has 0 spiro atoms. The van der Waals surface area contributed by atoms with E-state index in [9.17, 15) is 4.79 Å². The van der Waals surface area contributed by atoms with Crippen LogP contribution >= 0.6 is 34.7 Å². The molecule has 0 fully saturated rings. The molecule has 0 radical (unpaired) electrons. The molecule has 3 heterocycles. The number of hydrogen-bond donors (Lipinski definition) is 1. The van der Waals surface area contributed by atoms with Crippen molar-refractivity contribution in [3.63, 3.8) is 0 Å². The first-order valence-electron chi connectivity index (χ1n) is 6.30. The second kappa shape index (κ2) is 5.12. The van der Waals surface area contributed by atoms with E-state index in [0.29, 0.717) is 22.3 Å². The lowest BCUT2D eigenvalue weighted by atomic mass is 10.1. The number of ether oxygens (including phenoxy) is 2. The van der Waals surface area contributed by atoms with Gasteiger partial charge in [0, 0.05) is 4.88 Å². The van der Waals surface area contributed by atoms with Gasteiger partial charge in [-0.05, 0) is 29.1 Å². The van der Waals surface area contributed by atoms with Gasteiger partial charge in [0.2, 0.25) is 12.7 Å². The number of nitrogens with one attached hydrogen (secondary N) is 1. The van der Waals surface area contributed by atoms with Gasteiger partial charge in [-0.1, -0.05) is 11.6 Å². The van der Waals surface area contributed by atoms with Gasteiger partial charge in [-0.3, -0.25) is 4.79 Å². The third-order valence-electron chi connectivity index (χ3n) is 3.34. The van der Waals surface area contributed by atoms with Gasteiger partial charge in [-0.15, -0.1) is 23.1 Å². The maximum Gasteiger partial charge on any atom is 0.234 e. The van der Waals surface area contributed by atoms with E-state index in [1.54, 1.807) is 23.1 Å². The number of thiophene rings is 1. The Kier molecular flexibility index (Phi) is 3.24. The normalized spacial score (nSPS) is 19.9. The molecular weight excluding hydrogens is 330 g/mol. The highest BCUT2D eigenvalue weighted by atomic mass is 35.5. The number of hydrogen-bond acceptors (Lipinski definition) is 5. The van der Waals surface area contributed by atoms with Crippen LogP contribution in [0.4, 0.5) is 5.69 Å². The molecule has 7 heteroatoms. The van der Waals surface area contributed by atoms with Crippen LogP contribution in [0.25, 0.3) is 0 Å². The van der Waals surface area contributed by atoms with Crippen LogP contribution in [0.1, 0.15) is 15.7 Å². The summed E-state index contributed by atoms with van der Waals surface area (Å²) in [5.74, 6) is 1.70. The molecule has 0 saturated carbocycles. The molecule has 21 heavy (non-hydrogen) atoms. The van der Waals surface area contributed by atoms with E-state index < -0.39 is 0 Å². The molecule has 0 saturated heterocycles. The molecule has 0 aliphatic carbocycles. The number of halogens is 1. The van der Waals surface area contributed by atoms with Crippen LogP contribution in [-0.2, 0) is 4.79 Å². The summed E-state index contributed by atoms with van der Waals surface area (Å²) in [6.07, 6.45) is 0. The predicted molar refractivity (Wildman–Crippen MR) is 84.8 cm³/mol. The topological polar surface area (TPSA) is 47.6 Å². The smallest absolute Gasteiger partial charge is 0.234 e. The monoisotopic (exact) mass is 339 g/mol. The summed E-state index contributed by atoms with van der Waals surface area (Å²) in [6, 6.07) is 5.78. The number of carbonyl (C=O) groups excluding carboxylic acids is 1. The summed E-state index contributed by atoms with van der Waals surface area (Å²) < 4.78 is 10.8. The molecule has 1 amide bonds. The summed E-state index contributed by atoms with van der Waals surface area (Å²) >= 11 is 9.49. The van der Waals surface area contributed by atoms with Gasteiger partial charge in [-0.2, -0.15) is 0 Å². The highest BCUT2D eigenvalue weighted by Crippen LogP contribution is 2.48. The minimum atomic E-state index is 0.0222. The van der Waals surface area contributed by atoms with Gasteiger partial charge in [0.15, 0.2) is 11.5 Å². The zero-order chi connectivity index (χ0) is 14.4. The maximum absolute atomic E-state index is 11.8. The van der Waals surface area contributed by atoms with Crippen LogP contribution in [0.5, 0.6) is 11.5 Å². The Bertz CT molecular complexity index is 731. The van der Waals surface area contributed by atoms with Crippen molar-refractivity contribution < 1.29 is 14.3 Å². The second-order valence-electron chi connectivity index (χ2n) is 4.67. The van der Waals surface area contributed by atoms with Crippen molar-refractivity contribution in [3.8, 4) is 11.5 Å². The van der Waals surface area contributed by atoms with Crippen molar-refractivity contribution in [2.75, 3.05) is 17.9 Å². The number of anilines is 1. The van der Waals surface area contributed by atoms with Crippen LogP contribution in [0.2, 0.25) is 5.02 Å². The van der Waals surface area contributed by atoms with Crippen LogP contribution < -0.4 is 14.8 Å². The predicted octanol–water partition coefficient (Wildman–Crippen LogP) is 3.90. The highest BCUT2D eigenvalue weighted by molar-refractivity contribution is 8.00. The van der Waals surface area contributed by atoms with Gasteiger partial charge in [0.1, 0.15) is 0 Å². The number of rotatable bonds is 1. The summed E-state index contributed by atoms with van der Waals surface area (Å²) in [7, 11) is 0. The first-order valence-corrected chi connectivity index (χ1v) is 8.61. The number of amides is 1. The van der Waals surface area contributed by atoms with Crippen LogP contribution in [-0.4, -0.2) is 18.5 Å². The standard InChI is InChI=1S/C14H10ClNO3S2/c15-8-3-7(4-10-12(8)19-6-18-10)13-14-9(1-2-20-14)16-11(17)5-21-13/h1-4,13H,5-6H2,(H,16,17)/t13-/m1/s1. The number of benzene rings is 1. The summed E-state index contributed by atoms with van der Waals surface area (Å²) in [6.45, 7) is 0.195. The minimum Gasteiger partial charge on any atom is -0.454 e. The molecule has 4 rings (SSSR count). The lowest BCUT2D eigenvalue weighted by molar-refractivity contribution is -0.113. The summed E-state index contributed by atoms with van der Waals surface area (Å²) in [4.78, 5) is 12.9. The Morgan fingerprint density at radius 1 is 1.33 bits per heavy atom. The Morgan fingerprint density at radius 2 is 2.24 bits per heavy atom. The van der Waals surface area contributed by atoms with Gasteiger partial charge in [0.25, 0.3) is 0 Å². The minimum absolute atomic E-state index is 0.0222. The van der Waals surface area contributed by atoms with Crippen molar-refractivity contribution in [2.24, 2.45) is 0 Å². The van der Waals surface area contributed by atoms with E-state index in [1.165, 1.54) is 0 Å². The molecule has 0 bridgehead atoms. The first-order chi connectivity index (χ1) is 10.2. The summed E-state index contributed by atoms with van der Waals surface area (Å²) in [5.41, 5.74) is 1.91. The quantitative estimate of drug-likeness (QED) is 0.855. The van der Waals surface area contributed by atoms with Crippen LogP contribution in [0.15, 0.2) is 23.6 Å². The van der Waals surface area contributed by atoms with E-state index >= 15 is 0 Å². The zero-order valence-corrected chi connectivity index (χ0v) is 13.1. The Balaban J connectivity index is 1.80. The average molecular weight is 340 g/mol. The van der Waals surface area contributed by atoms with Gasteiger partial charge < -0.3 is 14.8 Å². The van der Waals surface area contributed by atoms with Crippen molar-refractivity contribution in [2.45, 2.75) is 5.25 Å². The van der Waals surface area contributed by atoms with Crippen molar-refractivity contribution in [3.05, 3.63) is 39.0 Å². The Labute approximate surface area is 134 Å². The second-order valence-corrected chi connectivity index (χ2v) is 7.12. The van der Waals surface area contributed by atoms with Crippen molar-refractivity contribution in [1.82, 2.24) is 0 Å². The molecule has 2 aliphatic rings. The van der Waals surface area contributed by atoms with Gasteiger partial charge >= 0.3 is 0 Å². The first kappa shape index (κ1) is 13.3. The van der Waals surface area contributed by atoms with Gasteiger partial charge in [-0.25, -0.2) is 0 Å². The van der Waals surface area contributed by atoms with Gasteiger partial charge in [0.05, 0.1) is 21.7 Å². The zero-order valence-electron chi connectivity index (χ0n) is 10.7. The molecule has 1 atom stereocenters.